The van der Waals surface area contributed by atoms with Crippen LogP contribution in [0.5, 0.6) is 0 Å². The molecule has 0 amide bonds. The molecule has 2 aromatic rings. The SMILES string of the molecule is CCNC(=NCc1ccccc1Cl)NCCc1ccncc1C. The van der Waals surface area contributed by atoms with Gasteiger partial charge in [0.05, 0.1) is 6.54 Å². The molecule has 1 heterocycles. The molecule has 2 rings (SSSR count). The predicted molar refractivity (Wildman–Crippen MR) is 96.9 cm³/mol. The fourth-order valence-electron chi connectivity index (χ4n) is 2.23. The Morgan fingerprint density at radius 3 is 2.74 bits per heavy atom. The van der Waals surface area contributed by atoms with E-state index in [4.69, 9.17) is 11.6 Å². The molecule has 0 saturated carbocycles. The molecule has 0 bridgehead atoms. The number of benzene rings is 1. The van der Waals surface area contributed by atoms with E-state index in [2.05, 4.69) is 40.5 Å². The number of hydrogen-bond donors (Lipinski definition) is 2. The second kappa shape index (κ2) is 9.16. The zero-order valence-electron chi connectivity index (χ0n) is 13.6. The largest absolute Gasteiger partial charge is 0.357 e. The first-order chi connectivity index (χ1) is 11.2. The van der Waals surface area contributed by atoms with Crippen LogP contribution in [0.3, 0.4) is 0 Å². The highest BCUT2D eigenvalue weighted by Crippen LogP contribution is 2.15. The van der Waals surface area contributed by atoms with E-state index < -0.39 is 0 Å². The van der Waals surface area contributed by atoms with Gasteiger partial charge in [-0.25, -0.2) is 4.99 Å². The van der Waals surface area contributed by atoms with Gasteiger partial charge in [0.1, 0.15) is 0 Å². The van der Waals surface area contributed by atoms with Crippen molar-refractivity contribution in [1.29, 1.82) is 0 Å². The number of aryl methyl sites for hydroxylation is 1. The van der Waals surface area contributed by atoms with Crippen molar-refractivity contribution in [3.8, 4) is 0 Å². The van der Waals surface area contributed by atoms with E-state index in [-0.39, 0.29) is 0 Å². The number of aliphatic imine (C=N–C) groups is 1. The Labute approximate surface area is 143 Å². The van der Waals surface area contributed by atoms with Gasteiger partial charge in [0.25, 0.3) is 0 Å². The molecule has 23 heavy (non-hydrogen) atoms. The minimum absolute atomic E-state index is 0.559. The van der Waals surface area contributed by atoms with E-state index in [0.29, 0.717) is 6.54 Å². The third-order valence-electron chi connectivity index (χ3n) is 3.53. The summed E-state index contributed by atoms with van der Waals surface area (Å²) in [5.74, 6) is 0.805. The smallest absolute Gasteiger partial charge is 0.191 e. The monoisotopic (exact) mass is 330 g/mol. The maximum absolute atomic E-state index is 6.17. The highest BCUT2D eigenvalue weighted by atomic mass is 35.5. The van der Waals surface area contributed by atoms with Gasteiger partial charge in [-0.2, -0.15) is 0 Å². The van der Waals surface area contributed by atoms with Crippen LogP contribution >= 0.6 is 11.6 Å². The lowest BCUT2D eigenvalue weighted by atomic mass is 10.1. The molecule has 0 aliphatic carbocycles. The van der Waals surface area contributed by atoms with E-state index in [1.807, 2.05) is 36.7 Å². The van der Waals surface area contributed by atoms with Gasteiger partial charge >= 0.3 is 0 Å². The zero-order chi connectivity index (χ0) is 16.5. The van der Waals surface area contributed by atoms with E-state index in [9.17, 15) is 0 Å². The van der Waals surface area contributed by atoms with Crippen LogP contribution in [0, 0.1) is 6.92 Å². The van der Waals surface area contributed by atoms with Crippen LogP contribution in [0.4, 0.5) is 0 Å². The minimum atomic E-state index is 0.559. The number of rotatable bonds is 6. The molecule has 4 nitrogen and oxygen atoms in total. The van der Waals surface area contributed by atoms with E-state index in [1.165, 1.54) is 11.1 Å². The van der Waals surface area contributed by atoms with E-state index >= 15 is 0 Å². The Morgan fingerprint density at radius 2 is 2.00 bits per heavy atom. The van der Waals surface area contributed by atoms with Crippen LogP contribution in [0.25, 0.3) is 0 Å². The second-order valence-electron chi connectivity index (χ2n) is 5.27. The van der Waals surface area contributed by atoms with E-state index in [1.54, 1.807) is 0 Å². The third-order valence-corrected chi connectivity index (χ3v) is 3.90. The summed E-state index contributed by atoms with van der Waals surface area (Å²) in [6.45, 7) is 6.34. The average molecular weight is 331 g/mol. The molecule has 0 saturated heterocycles. The Kier molecular flexibility index (Phi) is 6.88. The summed E-state index contributed by atoms with van der Waals surface area (Å²) >= 11 is 6.17. The molecule has 122 valence electrons. The molecule has 1 aromatic carbocycles. The van der Waals surface area contributed by atoms with Crippen LogP contribution in [-0.2, 0) is 13.0 Å². The maximum atomic E-state index is 6.17. The molecule has 5 heteroatoms. The Bertz CT molecular complexity index is 655. The summed E-state index contributed by atoms with van der Waals surface area (Å²) in [4.78, 5) is 8.72. The Hall–Kier alpha value is -2.07. The summed E-state index contributed by atoms with van der Waals surface area (Å²) in [7, 11) is 0. The van der Waals surface area contributed by atoms with Gasteiger partial charge in [-0.3, -0.25) is 4.98 Å². The molecular weight excluding hydrogens is 308 g/mol. The van der Waals surface area contributed by atoms with Crippen molar-refractivity contribution in [2.24, 2.45) is 4.99 Å². The quantitative estimate of drug-likeness (QED) is 0.631. The predicted octanol–water partition coefficient (Wildman–Crippen LogP) is 3.34. The molecule has 2 N–H and O–H groups in total. The van der Waals surface area contributed by atoms with Gasteiger partial charge in [-0.1, -0.05) is 29.8 Å². The summed E-state index contributed by atoms with van der Waals surface area (Å²) < 4.78 is 0. The first kappa shape index (κ1) is 17.3. The lowest BCUT2D eigenvalue weighted by Gasteiger charge is -2.12. The van der Waals surface area contributed by atoms with Gasteiger partial charge in [0.15, 0.2) is 5.96 Å². The summed E-state index contributed by atoms with van der Waals surface area (Å²) in [5.41, 5.74) is 3.54. The minimum Gasteiger partial charge on any atom is -0.357 e. The second-order valence-corrected chi connectivity index (χ2v) is 5.67. The molecule has 0 fully saturated rings. The summed E-state index contributed by atoms with van der Waals surface area (Å²) in [6.07, 6.45) is 4.66. The lowest BCUT2D eigenvalue weighted by Crippen LogP contribution is -2.38. The molecule has 0 spiro atoms. The van der Waals surface area contributed by atoms with Crippen LogP contribution in [0.2, 0.25) is 5.02 Å². The molecule has 1 aromatic heterocycles. The number of aromatic nitrogens is 1. The number of guanidine groups is 1. The van der Waals surface area contributed by atoms with Gasteiger partial charge in [0, 0.05) is 30.5 Å². The van der Waals surface area contributed by atoms with Gasteiger partial charge in [-0.15, -0.1) is 0 Å². The highest BCUT2D eigenvalue weighted by Gasteiger charge is 2.02. The van der Waals surface area contributed by atoms with Crippen molar-refractivity contribution in [3.05, 3.63) is 64.4 Å². The van der Waals surface area contributed by atoms with Crippen molar-refractivity contribution >= 4 is 17.6 Å². The van der Waals surface area contributed by atoms with Crippen LogP contribution in [0.1, 0.15) is 23.6 Å². The fourth-order valence-corrected chi connectivity index (χ4v) is 2.43. The van der Waals surface area contributed by atoms with Crippen molar-refractivity contribution in [1.82, 2.24) is 15.6 Å². The van der Waals surface area contributed by atoms with Crippen LogP contribution in [0.15, 0.2) is 47.7 Å². The number of nitrogens with one attached hydrogen (secondary N) is 2. The van der Waals surface area contributed by atoms with E-state index in [0.717, 1.165) is 36.1 Å². The number of hydrogen-bond acceptors (Lipinski definition) is 2. The molecule has 0 aliphatic heterocycles. The standard InChI is InChI=1S/C18H23ClN4/c1-3-21-18(23-13-16-6-4-5-7-17(16)19)22-11-9-15-8-10-20-12-14(15)2/h4-8,10,12H,3,9,11,13H2,1-2H3,(H2,21,22,23). The lowest BCUT2D eigenvalue weighted by molar-refractivity contribution is 0.796. The molecule has 0 radical (unpaired) electrons. The zero-order valence-corrected chi connectivity index (χ0v) is 14.4. The Balaban J connectivity index is 1.92. The third kappa shape index (κ3) is 5.57. The number of halogens is 1. The molecular formula is C18H23ClN4. The van der Waals surface area contributed by atoms with Gasteiger partial charge < -0.3 is 10.6 Å². The average Bonchev–Trinajstić information content (AvgIpc) is 2.55. The number of pyridine rings is 1. The van der Waals surface area contributed by atoms with Gasteiger partial charge in [-0.05, 0) is 49.1 Å². The number of nitrogens with zero attached hydrogens (tertiary/aromatic N) is 2. The molecule has 0 aliphatic rings. The highest BCUT2D eigenvalue weighted by molar-refractivity contribution is 6.31. The maximum Gasteiger partial charge on any atom is 0.191 e. The van der Waals surface area contributed by atoms with Gasteiger partial charge in [0.2, 0.25) is 0 Å². The molecule has 0 unspecified atom stereocenters. The van der Waals surface area contributed by atoms with Crippen molar-refractivity contribution in [2.45, 2.75) is 26.8 Å². The normalized spacial score (nSPS) is 11.3. The summed E-state index contributed by atoms with van der Waals surface area (Å²) in [6, 6.07) is 9.85. The first-order valence-corrected chi connectivity index (χ1v) is 8.23. The molecule has 0 atom stereocenters. The Morgan fingerprint density at radius 1 is 1.17 bits per heavy atom. The van der Waals surface area contributed by atoms with Crippen molar-refractivity contribution < 1.29 is 0 Å². The topological polar surface area (TPSA) is 49.3 Å². The fraction of sp³-hybridized carbons (Fsp3) is 0.333. The first-order valence-electron chi connectivity index (χ1n) is 7.85. The van der Waals surface area contributed by atoms with Crippen LogP contribution < -0.4 is 10.6 Å². The van der Waals surface area contributed by atoms with Crippen molar-refractivity contribution in [2.75, 3.05) is 13.1 Å². The van der Waals surface area contributed by atoms with Crippen LogP contribution in [-0.4, -0.2) is 24.0 Å². The van der Waals surface area contributed by atoms with Crippen molar-refractivity contribution in [3.63, 3.8) is 0 Å². The summed E-state index contributed by atoms with van der Waals surface area (Å²) in [5, 5.41) is 7.37.